The summed E-state index contributed by atoms with van der Waals surface area (Å²) in [6.07, 6.45) is 0. The summed E-state index contributed by atoms with van der Waals surface area (Å²) in [6, 6.07) is 6.27. The van der Waals surface area contributed by atoms with Crippen molar-refractivity contribution in [2.45, 2.75) is 20.1 Å². The molecule has 0 saturated carbocycles. The summed E-state index contributed by atoms with van der Waals surface area (Å²) in [6.45, 7) is -0.655. The lowest BCUT2D eigenvalue weighted by Crippen LogP contribution is -2.06. The number of nitrogen functional groups attached to an aromatic ring is 1. The largest absolute Gasteiger partial charge is 0.435 e. The average molecular weight is 288 g/mol. The second kappa shape index (κ2) is 5.44. The highest BCUT2D eigenvalue weighted by Crippen LogP contribution is 2.23. The number of anilines is 1. The van der Waals surface area contributed by atoms with E-state index >= 15 is 0 Å². The molecule has 19 heavy (non-hydrogen) atoms. The molecule has 0 fully saturated rings. The van der Waals surface area contributed by atoms with Crippen LogP contribution in [0.4, 0.5) is 14.6 Å². The van der Waals surface area contributed by atoms with Gasteiger partial charge < -0.3 is 10.5 Å². The van der Waals surface area contributed by atoms with E-state index in [0.717, 1.165) is 5.56 Å². The van der Waals surface area contributed by atoms with Crippen molar-refractivity contribution in [3.8, 4) is 5.75 Å². The van der Waals surface area contributed by atoms with E-state index in [4.69, 9.17) is 17.3 Å². The molecule has 0 atom stereocenters. The van der Waals surface area contributed by atoms with Crippen LogP contribution in [0.5, 0.6) is 5.75 Å². The molecule has 0 radical (unpaired) electrons. The zero-order valence-electron chi connectivity index (χ0n) is 10.1. The van der Waals surface area contributed by atoms with Crippen LogP contribution in [0, 0.1) is 6.92 Å². The van der Waals surface area contributed by atoms with Crippen LogP contribution in [0.15, 0.2) is 24.3 Å². The SMILES string of the molecule is Cc1nn(Cc2ccc(OC(F)F)cc2)c(N)c1Cl. The molecule has 2 aromatic rings. The van der Waals surface area contributed by atoms with Gasteiger partial charge in [0, 0.05) is 0 Å². The Labute approximate surface area is 113 Å². The number of nitrogens with two attached hydrogens (primary N) is 1. The number of nitrogens with zero attached hydrogens (tertiary/aromatic N) is 2. The van der Waals surface area contributed by atoms with Gasteiger partial charge >= 0.3 is 6.61 Å². The molecule has 1 heterocycles. The smallest absolute Gasteiger partial charge is 0.387 e. The zero-order chi connectivity index (χ0) is 14.0. The van der Waals surface area contributed by atoms with Crippen LogP contribution in [0.3, 0.4) is 0 Å². The fourth-order valence-electron chi connectivity index (χ4n) is 1.65. The van der Waals surface area contributed by atoms with E-state index in [1.807, 2.05) is 0 Å². The van der Waals surface area contributed by atoms with Crippen molar-refractivity contribution in [2.24, 2.45) is 0 Å². The Morgan fingerprint density at radius 3 is 2.47 bits per heavy atom. The van der Waals surface area contributed by atoms with Crippen molar-refractivity contribution >= 4 is 17.4 Å². The van der Waals surface area contributed by atoms with E-state index in [9.17, 15) is 8.78 Å². The third kappa shape index (κ3) is 3.14. The molecule has 0 amide bonds. The van der Waals surface area contributed by atoms with E-state index in [2.05, 4.69) is 9.84 Å². The predicted molar refractivity (Wildman–Crippen MR) is 68.6 cm³/mol. The molecule has 0 saturated heterocycles. The second-order valence-electron chi connectivity index (χ2n) is 3.96. The zero-order valence-corrected chi connectivity index (χ0v) is 10.9. The first-order chi connectivity index (χ1) is 8.97. The molecule has 102 valence electrons. The fraction of sp³-hybridized carbons (Fsp3) is 0.250. The summed E-state index contributed by atoms with van der Waals surface area (Å²) >= 11 is 5.94. The lowest BCUT2D eigenvalue weighted by molar-refractivity contribution is -0.0498. The molecule has 0 aliphatic carbocycles. The van der Waals surface area contributed by atoms with Crippen molar-refractivity contribution in [1.29, 1.82) is 0 Å². The Hall–Kier alpha value is -1.82. The van der Waals surface area contributed by atoms with Crippen LogP contribution in [0.2, 0.25) is 5.02 Å². The number of halogens is 3. The van der Waals surface area contributed by atoms with Gasteiger partial charge in [-0.25, -0.2) is 4.68 Å². The first kappa shape index (κ1) is 13.6. The van der Waals surface area contributed by atoms with Crippen LogP contribution in [0.1, 0.15) is 11.3 Å². The normalized spacial score (nSPS) is 11.0. The van der Waals surface area contributed by atoms with E-state index < -0.39 is 6.61 Å². The van der Waals surface area contributed by atoms with Crippen molar-refractivity contribution in [3.63, 3.8) is 0 Å². The highest BCUT2D eigenvalue weighted by molar-refractivity contribution is 6.33. The van der Waals surface area contributed by atoms with Crippen LogP contribution >= 0.6 is 11.6 Å². The van der Waals surface area contributed by atoms with Crippen LogP contribution in [-0.2, 0) is 6.54 Å². The number of aryl methyl sites for hydroxylation is 1. The number of alkyl halides is 2. The molecule has 0 aliphatic heterocycles. The van der Waals surface area contributed by atoms with Gasteiger partial charge in [0.05, 0.1) is 12.2 Å². The number of aromatic nitrogens is 2. The van der Waals surface area contributed by atoms with Crippen molar-refractivity contribution in [3.05, 3.63) is 40.5 Å². The van der Waals surface area contributed by atoms with Gasteiger partial charge in [-0.15, -0.1) is 0 Å². The van der Waals surface area contributed by atoms with Gasteiger partial charge in [0.1, 0.15) is 16.6 Å². The van der Waals surface area contributed by atoms with Crippen molar-refractivity contribution in [1.82, 2.24) is 9.78 Å². The lowest BCUT2D eigenvalue weighted by atomic mass is 10.2. The highest BCUT2D eigenvalue weighted by Gasteiger charge is 2.10. The number of benzene rings is 1. The third-order valence-corrected chi connectivity index (χ3v) is 3.04. The van der Waals surface area contributed by atoms with Gasteiger partial charge in [0.25, 0.3) is 0 Å². The molecule has 1 aromatic heterocycles. The molecule has 4 nitrogen and oxygen atoms in total. The fourth-order valence-corrected chi connectivity index (χ4v) is 1.78. The molecule has 0 aliphatic rings. The van der Waals surface area contributed by atoms with Gasteiger partial charge in [-0.05, 0) is 24.6 Å². The summed E-state index contributed by atoms with van der Waals surface area (Å²) in [5, 5.41) is 4.61. The van der Waals surface area contributed by atoms with E-state index in [-0.39, 0.29) is 5.75 Å². The third-order valence-electron chi connectivity index (χ3n) is 2.57. The Morgan fingerprint density at radius 2 is 2.00 bits per heavy atom. The van der Waals surface area contributed by atoms with Crippen LogP contribution in [0.25, 0.3) is 0 Å². The Balaban J connectivity index is 2.13. The second-order valence-corrected chi connectivity index (χ2v) is 4.34. The van der Waals surface area contributed by atoms with Gasteiger partial charge in [-0.2, -0.15) is 13.9 Å². The molecule has 1 aromatic carbocycles. The number of hydrogen-bond donors (Lipinski definition) is 1. The quantitative estimate of drug-likeness (QED) is 0.940. The first-order valence-electron chi connectivity index (χ1n) is 5.49. The van der Waals surface area contributed by atoms with Gasteiger partial charge in [0.2, 0.25) is 0 Å². The number of rotatable bonds is 4. The summed E-state index contributed by atoms with van der Waals surface area (Å²) in [5.74, 6) is 0.494. The molecule has 0 unspecified atom stereocenters. The van der Waals surface area contributed by atoms with Crippen molar-refractivity contribution in [2.75, 3.05) is 5.73 Å². The summed E-state index contributed by atoms with van der Waals surface area (Å²) in [7, 11) is 0. The molecule has 7 heteroatoms. The van der Waals surface area contributed by atoms with Crippen LogP contribution in [-0.4, -0.2) is 16.4 Å². The minimum absolute atomic E-state index is 0.112. The monoisotopic (exact) mass is 287 g/mol. The number of hydrogen-bond acceptors (Lipinski definition) is 3. The first-order valence-corrected chi connectivity index (χ1v) is 5.87. The summed E-state index contributed by atoms with van der Waals surface area (Å²) in [4.78, 5) is 0. The lowest BCUT2D eigenvalue weighted by Gasteiger charge is -2.07. The molecular weight excluding hydrogens is 276 g/mol. The van der Waals surface area contributed by atoms with Gasteiger partial charge in [0.15, 0.2) is 0 Å². The van der Waals surface area contributed by atoms with Gasteiger partial charge in [-0.1, -0.05) is 23.7 Å². The predicted octanol–water partition coefficient (Wildman–Crippen LogP) is 3.08. The highest BCUT2D eigenvalue weighted by atomic mass is 35.5. The molecule has 0 spiro atoms. The van der Waals surface area contributed by atoms with E-state index in [1.165, 1.54) is 12.1 Å². The Morgan fingerprint density at radius 1 is 1.37 bits per heavy atom. The topological polar surface area (TPSA) is 53.1 Å². The molecule has 0 bridgehead atoms. The molecule has 2 N–H and O–H groups in total. The van der Waals surface area contributed by atoms with E-state index in [1.54, 1.807) is 23.7 Å². The Bertz CT molecular complexity index is 569. The maximum absolute atomic E-state index is 12.0. The van der Waals surface area contributed by atoms with Gasteiger partial charge in [-0.3, -0.25) is 0 Å². The Kier molecular flexibility index (Phi) is 3.90. The standard InChI is InChI=1S/C12H12ClF2N3O/c1-7-10(13)11(16)18(17-7)6-8-2-4-9(5-3-8)19-12(14)15/h2-5,12H,6,16H2,1H3. The van der Waals surface area contributed by atoms with E-state index in [0.29, 0.717) is 23.1 Å². The minimum atomic E-state index is -2.82. The molecule has 2 rings (SSSR count). The minimum Gasteiger partial charge on any atom is -0.435 e. The average Bonchev–Trinajstić information content (AvgIpc) is 2.59. The maximum atomic E-state index is 12.0. The van der Waals surface area contributed by atoms with Crippen LogP contribution < -0.4 is 10.5 Å². The maximum Gasteiger partial charge on any atom is 0.387 e. The summed E-state index contributed by atoms with van der Waals surface area (Å²) < 4.78 is 29.8. The summed E-state index contributed by atoms with van der Waals surface area (Å²) in [5.41, 5.74) is 7.30. The number of ether oxygens (including phenoxy) is 1. The van der Waals surface area contributed by atoms with Crippen molar-refractivity contribution < 1.29 is 13.5 Å². The molecular formula is C12H12ClF2N3O.